The second-order valence-corrected chi connectivity index (χ2v) is 3.87. The molecule has 0 saturated heterocycles. The van der Waals surface area contributed by atoms with Crippen molar-refractivity contribution in [2.75, 3.05) is 7.11 Å². The van der Waals surface area contributed by atoms with Gasteiger partial charge in [0.05, 0.1) is 7.11 Å². The van der Waals surface area contributed by atoms with Crippen LogP contribution in [0.2, 0.25) is 0 Å². The van der Waals surface area contributed by atoms with Crippen molar-refractivity contribution >= 4 is 11.1 Å². The van der Waals surface area contributed by atoms with E-state index in [1.807, 2.05) is 18.2 Å². The summed E-state index contributed by atoms with van der Waals surface area (Å²) in [6.45, 7) is 0. The number of para-hydroxylation sites is 3. The largest absolute Gasteiger partial charge is 0.615 e. The van der Waals surface area contributed by atoms with Gasteiger partial charge in [0.2, 0.25) is 5.58 Å². The molecular formula is C14H11NO3. The normalized spacial score (nSPS) is 10.7. The van der Waals surface area contributed by atoms with Gasteiger partial charge in [-0.05, 0) is 18.2 Å². The maximum Gasteiger partial charge on any atom is 0.397 e. The predicted molar refractivity (Wildman–Crippen MR) is 67.2 cm³/mol. The van der Waals surface area contributed by atoms with E-state index in [-0.39, 0.29) is 5.89 Å². The first-order valence-electron chi connectivity index (χ1n) is 5.56. The molecule has 0 aliphatic rings. The third-order valence-corrected chi connectivity index (χ3v) is 2.81. The second kappa shape index (κ2) is 4.07. The van der Waals surface area contributed by atoms with Crippen molar-refractivity contribution in [3.63, 3.8) is 0 Å². The number of aromatic nitrogens is 1. The fraction of sp³-hybridized carbons (Fsp3) is 0.0714. The summed E-state index contributed by atoms with van der Waals surface area (Å²) in [7, 11) is 1.57. The van der Waals surface area contributed by atoms with Gasteiger partial charge in [-0.3, -0.25) is 0 Å². The zero-order chi connectivity index (χ0) is 12.5. The van der Waals surface area contributed by atoms with Gasteiger partial charge >= 0.3 is 5.89 Å². The first-order valence-corrected chi connectivity index (χ1v) is 5.56. The molecule has 0 saturated carbocycles. The SMILES string of the molecule is COc1ccccc1-c1oc2ccccc2[n+]1[O-]. The lowest BCUT2D eigenvalue weighted by Crippen LogP contribution is -2.26. The van der Waals surface area contributed by atoms with Crippen LogP contribution in [0.25, 0.3) is 22.6 Å². The lowest BCUT2D eigenvalue weighted by Gasteiger charge is -2.03. The number of hydrogen-bond acceptors (Lipinski definition) is 3. The van der Waals surface area contributed by atoms with Gasteiger partial charge < -0.3 is 14.4 Å². The molecule has 3 rings (SSSR count). The zero-order valence-electron chi connectivity index (χ0n) is 9.79. The second-order valence-electron chi connectivity index (χ2n) is 3.87. The number of methoxy groups -OCH3 is 1. The van der Waals surface area contributed by atoms with Gasteiger partial charge in [-0.2, -0.15) is 0 Å². The van der Waals surface area contributed by atoms with Crippen LogP contribution in [0.3, 0.4) is 0 Å². The Hall–Kier alpha value is -2.49. The molecular weight excluding hydrogens is 230 g/mol. The van der Waals surface area contributed by atoms with Gasteiger partial charge in [-0.1, -0.05) is 24.3 Å². The molecule has 4 nitrogen and oxygen atoms in total. The lowest BCUT2D eigenvalue weighted by atomic mass is 10.2. The van der Waals surface area contributed by atoms with Crippen molar-refractivity contribution in [2.24, 2.45) is 0 Å². The number of ether oxygens (including phenoxy) is 1. The van der Waals surface area contributed by atoms with Gasteiger partial charge in [0.25, 0.3) is 5.52 Å². The molecule has 0 spiro atoms. The van der Waals surface area contributed by atoms with E-state index in [9.17, 15) is 5.21 Å². The average molecular weight is 241 g/mol. The molecule has 0 amide bonds. The summed E-state index contributed by atoms with van der Waals surface area (Å²) < 4.78 is 11.6. The Morgan fingerprint density at radius 1 is 1.06 bits per heavy atom. The van der Waals surface area contributed by atoms with Crippen LogP contribution < -0.4 is 9.47 Å². The van der Waals surface area contributed by atoms with Crippen molar-refractivity contribution < 1.29 is 13.9 Å². The van der Waals surface area contributed by atoms with Crippen molar-refractivity contribution in [1.82, 2.24) is 0 Å². The predicted octanol–water partition coefficient (Wildman–Crippen LogP) is 2.74. The zero-order valence-corrected chi connectivity index (χ0v) is 9.79. The smallest absolute Gasteiger partial charge is 0.397 e. The number of rotatable bonds is 2. The first-order chi connectivity index (χ1) is 8.81. The summed E-state index contributed by atoms with van der Waals surface area (Å²) >= 11 is 0. The van der Waals surface area contributed by atoms with Crippen molar-refractivity contribution in [1.29, 1.82) is 0 Å². The van der Waals surface area contributed by atoms with Crippen LogP contribution in [0.1, 0.15) is 0 Å². The molecule has 1 aromatic heterocycles. The standard InChI is InChI=1S/C14H11NO3/c1-17-12-8-4-2-6-10(12)14-15(16)11-7-3-5-9-13(11)18-14/h2-9H,1H3. The molecule has 0 radical (unpaired) electrons. The fourth-order valence-electron chi connectivity index (χ4n) is 1.95. The third kappa shape index (κ3) is 1.50. The van der Waals surface area contributed by atoms with E-state index in [1.54, 1.807) is 37.4 Å². The molecule has 0 fully saturated rings. The Labute approximate surface area is 104 Å². The van der Waals surface area contributed by atoms with Gasteiger partial charge in [0.15, 0.2) is 0 Å². The molecule has 0 aliphatic heterocycles. The van der Waals surface area contributed by atoms with E-state index < -0.39 is 0 Å². The fourth-order valence-corrected chi connectivity index (χ4v) is 1.95. The summed E-state index contributed by atoms with van der Waals surface area (Å²) in [4.78, 5) is 0. The maximum absolute atomic E-state index is 12.2. The average Bonchev–Trinajstić information content (AvgIpc) is 2.76. The Morgan fingerprint density at radius 2 is 1.78 bits per heavy atom. The lowest BCUT2D eigenvalue weighted by molar-refractivity contribution is -0.569. The highest BCUT2D eigenvalue weighted by atomic mass is 16.5. The molecule has 90 valence electrons. The van der Waals surface area contributed by atoms with Crippen LogP contribution in [0.15, 0.2) is 52.9 Å². The third-order valence-electron chi connectivity index (χ3n) is 2.81. The van der Waals surface area contributed by atoms with Crippen LogP contribution in [-0.2, 0) is 0 Å². The monoisotopic (exact) mass is 241 g/mol. The summed E-state index contributed by atoms with van der Waals surface area (Å²) in [6, 6.07) is 14.4. The summed E-state index contributed by atoms with van der Waals surface area (Å²) in [5.41, 5.74) is 1.72. The van der Waals surface area contributed by atoms with Gasteiger partial charge in [0.1, 0.15) is 11.3 Å². The molecule has 0 aliphatic carbocycles. The first kappa shape index (κ1) is 10.7. The Bertz CT molecular complexity index is 703. The van der Waals surface area contributed by atoms with E-state index in [0.29, 0.717) is 22.4 Å². The summed E-state index contributed by atoms with van der Waals surface area (Å²) in [5.74, 6) is 0.856. The minimum atomic E-state index is 0.244. The maximum atomic E-state index is 12.2. The molecule has 0 unspecified atom stereocenters. The summed E-state index contributed by atoms with van der Waals surface area (Å²) in [5, 5.41) is 12.2. The molecule has 3 aromatic rings. The molecule has 4 heteroatoms. The minimum absolute atomic E-state index is 0.244. The van der Waals surface area contributed by atoms with Crippen LogP contribution in [0.4, 0.5) is 0 Å². The van der Waals surface area contributed by atoms with Crippen LogP contribution >= 0.6 is 0 Å². The molecule has 2 aromatic carbocycles. The van der Waals surface area contributed by atoms with Crippen molar-refractivity contribution in [2.45, 2.75) is 0 Å². The quantitative estimate of drug-likeness (QED) is 0.512. The van der Waals surface area contributed by atoms with Gasteiger partial charge in [-0.25, -0.2) is 0 Å². The minimum Gasteiger partial charge on any atom is -0.615 e. The summed E-state index contributed by atoms with van der Waals surface area (Å²) in [6.07, 6.45) is 0. The molecule has 1 heterocycles. The van der Waals surface area contributed by atoms with Crippen molar-refractivity contribution in [3.8, 4) is 17.2 Å². The molecule has 18 heavy (non-hydrogen) atoms. The van der Waals surface area contributed by atoms with Gasteiger partial charge in [-0.15, -0.1) is 4.73 Å². The molecule has 0 atom stereocenters. The van der Waals surface area contributed by atoms with Crippen LogP contribution in [0, 0.1) is 5.21 Å². The number of oxazole rings is 1. The number of hydrogen-bond donors (Lipinski definition) is 0. The topological polar surface area (TPSA) is 49.3 Å². The molecule has 0 N–H and O–H groups in total. The van der Waals surface area contributed by atoms with E-state index in [2.05, 4.69) is 0 Å². The Balaban J connectivity index is 2.28. The van der Waals surface area contributed by atoms with E-state index >= 15 is 0 Å². The highest BCUT2D eigenvalue weighted by Crippen LogP contribution is 2.29. The van der Waals surface area contributed by atoms with Crippen LogP contribution in [-0.4, -0.2) is 7.11 Å². The van der Waals surface area contributed by atoms with Crippen LogP contribution in [0.5, 0.6) is 5.75 Å². The highest BCUT2D eigenvalue weighted by Gasteiger charge is 2.22. The van der Waals surface area contributed by atoms with Crippen molar-refractivity contribution in [3.05, 3.63) is 53.7 Å². The number of nitrogens with zero attached hydrogens (tertiary/aromatic N) is 1. The number of fused-ring (bicyclic) bond motifs is 1. The van der Waals surface area contributed by atoms with E-state index in [1.165, 1.54) is 0 Å². The number of benzene rings is 2. The highest BCUT2D eigenvalue weighted by molar-refractivity contribution is 5.72. The Kier molecular flexibility index (Phi) is 2.41. The van der Waals surface area contributed by atoms with Gasteiger partial charge in [0, 0.05) is 6.07 Å². The molecule has 0 bridgehead atoms. The van der Waals surface area contributed by atoms with E-state index in [4.69, 9.17) is 9.15 Å². The van der Waals surface area contributed by atoms with E-state index in [0.717, 1.165) is 4.73 Å². The Morgan fingerprint density at radius 3 is 2.56 bits per heavy atom.